The highest BCUT2D eigenvalue weighted by molar-refractivity contribution is 6.21. The van der Waals surface area contributed by atoms with E-state index in [4.69, 9.17) is 11.6 Å². The van der Waals surface area contributed by atoms with Crippen molar-refractivity contribution in [2.24, 2.45) is 35.5 Å². The van der Waals surface area contributed by atoms with Gasteiger partial charge in [-0.05, 0) is 132 Å². The fraction of sp³-hybridized carbons (Fsp3) is 0.836. The van der Waals surface area contributed by atoms with Crippen molar-refractivity contribution < 1.29 is 70.7 Å². The lowest BCUT2D eigenvalue weighted by Gasteiger charge is -2.45. The van der Waals surface area contributed by atoms with E-state index in [2.05, 4.69) is 16.0 Å². The van der Waals surface area contributed by atoms with E-state index in [9.17, 15) is 37.1 Å². The van der Waals surface area contributed by atoms with Crippen molar-refractivity contribution >= 4 is 82.5 Å². The lowest BCUT2D eigenvalue weighted by molar-refractivity contribution is -0.182. The zero-order chi connectivity index (χ0) is 74.7. The van der Waals surface area contributed by atoms with E-state index >= 15 is 33.6 Å². The van der Waals surface area contributed by atoms with Crippen LogP contribution in [0.1, 0.15) is 209 Å². The van der Waals surface area contributed by atoms with Crippen LogP contribution in [0.4, 0.5) is 13.2 Å². The van der Waals surface area contributed by atoms with Crippen LogP contribution in [0.2, 0.25) is 0 Å². The molecule has 0 bridgehead atoms. The minimum Gasteiger partial charge on any atom is -0.343 e. The number of rotatable bonds is 12. The number of carbonyl (C=O) groups excluding carboxylic acids is 12. The van der Waals surface area contributed by atoms with E-state index in [0.29, 0.717) is 51.6 Å². The van der Waals surface area contributed by atoms with E-state index in [1.54, 1.807) is 32.6 Å². The summed E-state index contributed by atoms with van der Waals surface area (Å²) >= 11 is 6.41. The van der Waals surface area contributed by atoms with Crippen molar-refractivity contribution in [2.75, 3.05) is 75.0 Å². The van der Waals surface area contributed by atoms with Crippen LogP contribution in [-0.2, 0) is 57.5 Å². The number of piperidine rings is 1. The Labute approximate surface area is 601 Å². The summed E-state index contributed by atoms with van der Waals surface area (Å²) in [7, 11) is 8.73. The van der Waals surface area contributed by atoms with Crippen LogP contribution in [0.25, 0.3) is 0 Å². The van der Waals surface area contributed by atoms with Crippen molar-refractivity contribution in [3.05, 3.63) is 0 Å². The maximum absolute atomic E-state index is 15.5. The van der Waals surface area contributed by atoms with Gasteiger partial charge >= 0.3 is 6.18 Å². The first-order valence-corrected chi connectivity index (χ1v) is 38.1. The molecule has 12 amide bonds. The van der Waals surface area contributed by atoms with Gasteiger partial charge in [0, 0.05) is 73.8 Å². The summed E-state index contributed by atoms with van der Waals surface area (Å²) in [5.74, 6) is -10.6. The summed E-state index contributed by atoms with van der Waals surface area (Å²) in [4.78, 5) is 193. The molecule has 24 nitrogen and oxygen atoms in total. The molecule has 13 atom stereocenters. The molecule has 0 aromatic carbocycles. The molecule has 570 valence electrons. The Bertz CT molecular complexity index is 2960. The number of likely N-dealkylation sites (tertiary alicyclic amines) is 1. The van der Waals surface area contributed by atoms with Crippen molar-refractivity contribution in [1.29, 1.82) is 0 Å². The van der Waals surface area contributed by atoms with E-state index < -0.39 is 173 Å². The van der Waals surface area contributed by atoms with E-state index in [1.807, 2.05) is 20.8 Å². The van der Waals surface area contributed by atoms with Gasteiger partial charge in [0.05, 0.1) is 18.9 Å². The van der Waals surface area contributed by atoms with Crippen molar-refractivity contribution in [3.8, 4) is 0 Å². The van der Waals surface area contributed by atoms with Gasteiger partial charge in [-0.1, -0.05) is 99.8 Å². The standard InChI is InChI=1S/C73H118ClF3N12O12/c1-14-46(7)60-69(99)83(10)52(15-2)68(98)89-38-32-54(89)66(96)84(11)56(41-47-25-18-16-19-26-47)65(95)81(8)43-58(90)78-51(31-29-48-28-30-49(50(74)40-48)73(75,76)77)64(94)88-37-24-27-53(88)63(93)80-72(33-20-21-34-72)71(101)86(13)61(45(5)6)70(100)85(12)57(67(97)87-35-22-17-23-36-87)42-59(91)82(9)55(39-44(3)4)62(92)79-60/h44-57,60-61H,14-43H2,1-13H3,(H,78,90)(H,79,92)(H,80,93)/t46-,48?,49?,50?,51-,52-,53-,54-,55-,56-,57-,60-,61-/m0/s1. The highest BCUT2D eigenvalue weighted by Gasteiger charge is 2.53. The first kappa shape index (κ1) is 82.0. The number of nitrogens with one attached hydrogen (secondary N) is 3. The van der Waals surface area contributed by atoms with Gasteiger partial charge in [-0.15, -0.1) is 11.6 Å². The Morgan fingerprint density at radius 1 is 0.584 bits per heavy atom. The number of amides is 12. The molecular formula is C73H118ClF3N12O12. The summed E-state index contributed by atoms with van der Waals surface area (Å²) < 4.78 is 42.1. The Morgan fingerprint density at radius 3 is 1.78 bits per heavy atom. The molecule has 4 aliphatic heterocycles. The average molecular weight is 1450 g/mol. The molecule has 0 radical (unpaired) electrons. The molecule has 101 heavy (non-hydrogen) atoms. The highest BCUT2D eigenvalue weighted by atomic mass is 35.5. The first-order chi connectivity index (χ1) is 47.6. The third-order valence-corrected chi connectivity index (χ3v) is 24.0. The van der Waals surface area contributed by atoms with Gasteiger partial charge in [0.15, 0.2) is 0 Å². The number of hydrogen-bond donors (Lipinski definition) is 3. The van der Waals surface area contributed by atoms with Crippen molar-refractivity contribution in [2.45, 2.75) is 280 Å². The Kier molecular flexibility index (Phi) is 29.2. The third-order valence-electron chi connectivity index (χ3n) is 23.5. The quantitative estimate of drug-likeness (QED) is 0.177. The lowest BCUT2D eigenvalue weighted by Crippen LogP contribution is -2.65. The number of alkyl halides is 4. The van der Waals surface area contributed by atoms with Crippen LogP contribution >= 0.6 is 11.6 Å². The number of halogens is 4. The number of hydrogen-bond acceptors (Lipinski definition) is 12. The summed E-state index contributed by atoms with van der Waals surface area (Å²) in [6.45, 7) is 13.0. The van der Waals surface area contributed by atoms with Gasteiger partial charge in [-0.25, -0.2) is 0 Å². The van der Waals surface area contributed by atoms with Crippen LogP contribution in [0.5, 0.6) is 0 Å². The maximum Gasteiger partial charge on any atom is 0.393 e. The number of carbonyl (C=O) groups is 12. The molecule has 7 fully saturated rings. The second-order valence-electron chi connectivity index (χ2n) is 31.3. The molecule has 28 heteroatoms. The van der Waals surface area contributed by atoms with Gasteiger partial charge in [-0.3, -0.25) is 57.5 Å². The molecule has 3 unspecified atom stereocenters. The normalized spacial score (nSPS) is 30.8. The maximum atomic E-state index is 15.5. The molecule has 0 aromatic heterocycles. The van der Waals surface area contributed by atoms with Crippen LogP contribution in [0.15, 0.2) is 0 Å². The summed E-state index contributed by atoms with van der Waals surface area (Å²) in [5.41, 5.74) is -1.56. The predicted octanol–water partition coefficient (Wildman–Crippen LogP) is 6.48. The Balaban J connectivity index is 1.28. The minimum absolute atomic E-state index is 0.00120. The van der Waals surface area contributed by atoms with Crippen molar-refractivity contribution in [3.63, 3.8) is 0 Å². The van der Waals surface area contributed by atoms with Gasteiger partial charge < -0.3 is 60.0 Å². The SMILES string of the molecule is CC[C@H](C)[C@@H]1NC(=O)[C@H](CC(C)C)N(C)C(=O)C[C@@H](C(=O)N2CCCCC2)N(C)C(=O)[C@H](C(C)C)N(C)C(=O)C2(CCCC2)NC(=O)[C@@H]2CCCN2C(=O)[C@H](CCC2CCC(C(F)(F)F)C(Cl)C2)NC(=O)CN(C)C(=O)[C@H](CC2CCCCC2)N(C)C(=O)[C@@H]2CCN2C(=O)[C@H](CC)N(C)C1=O. The minimum atomic E-state index is -4.51. The smallest absolute Gasteiger partial charge is 0.343 e. The van der Waals surface area contributed by atoms with E-state index in [1.165, 1.54) is 81.5 Å². The Hall–Kier alpha value is -6.28. The number of fused-ring (bicyclic) bond motifs is 2. The second-order valence-corrected chi connectivity index (χ2v) is 31.9. The predicted molar refractivity (Wildman–Crippen MR) is 375 cm³/mol. The second kappa shape index (κ2) is 35.9. The molecule has 3 aliphatic carbocycles. The van der Waals surface area contributed by atoms with Crippen LogP contribution in [0.3, 0.4) is 0 Å². The zero-order valence-electron chi connectivity index (χ0n) is 62.4. The molecule has 3 N–H and O–H groups in total. The molecule has 3 saturated carbocycles. The number of nitrogens with zero attached hydrogens (tertiary/aromatic N) is 9. The largest absolute Gasteiger partial charge is 0.393 e. The summed E-state index contributed by atoms with van der Waals surface area (Å²) in [5, 5.41) is 7.65. The number of likely N-dealkylation sites (N-methyl/N-ethyl adjacent to an activating group) is 6. The fourth-order valence-corrected chi connectivity index (χ4v) is 17.4. The first-order valence-electron chi connectivity index (χ1n) is 37.7. The lowest BCUT2D eigenvalue weighted by atomic mass is 9.78. The van der Waals surface area contributed by atoms with Gasteiger partial charge in [0.1, 0.15) is 59.9 Å². The molecule has 7 aliphatic rings. The molecular weight excluding hydrogens is 1330 g/mol. The van der Waals surface area contributed by atoms with Crippen LogP contribution in [0, 0.1) is 35.5 Å². The monoisotopic (exact) mass is 1450 g/mol. The van der Waals surface area contributed by atoms with Crippen molar-refractivity contribution in [1.82, 2.24) is 60.0 Å². The van der Waals surface area contributed by atoms with E-state index in [0.717, 1.165) is 38.5 Å². The molecule has 7 rings (SSSR count). The molecule has 4 saturated heterocycles. The third kappa shape index (κ3) is 19.6. The van der Waals surface area contributed by atoms with E-state index in [-0.39, 0.29) is 108 Å². The van der Waals surface area contributed by atoms with Gasteiger partial charge in [0.2, 0.25) is 70.9 Å². The summed E-state index contributed by atoms with van der Waals surface area (Å²) in [6.07, 6.45) is 4.72. The average Bonchev–Trinajstić information content (AvgIpc) is 1.77. The zero-order valence-corrected chi connectivity index (χ0v) is 63.1. The fourth-order valence-electron chi connectivity index (χ4n) is 16.8. The Morgan fingerprint density at radius 2 is 1.21 bits per heavy atom. The van der Waals surface area contributed by atoms with Gasteiger partial charge in [-0.2, -0.15) is 13.2 Å². The molecule has 1 spiro atoms. The molecule has 0 aromatic rings. The summed E-state index contributed by atoms with van der Waals surface area (Å²) in [6, 6.07) is -10.8. The topological polar surface area (TPSA) is 270 Å². The molecule has 4 heterocycles. The van der Waals surface area contributed by atoms with Gasteiger partial charge in [0.25, 0.3) is 0 Å². The highest BCUT2D eigenvalue weighted by Crippen LogP contribution is 2.44. The van der Waals surface area contributed by atoms with Crippen LogP contribution < -0.4 is 16.0 Å². The van der Waals surface area contributed by atoms with Crippen LogP contribution in [-0.4, -0.2) is 261 Å².